The molecule has 3 saturated carbocycles. The van der Waals surface area contributed by atoms with Gasteiger partial charge in [-0.15, -0.1) is 7.05 Å². The topological polar surface area (TPSA) is 65.1 Å². The zero-order valence-corrected chi connectivity index (χ0v) is 17.8. The van der Waals surface area contributed by atoms with Gasteiger partial charge in [0.25, 0.3) is 0 Å². The van der Waals surface area contributed by atoms with Crippen LogP contribution in [0.4, 0.5) is 0 Å². The Morgan fingerprint density at radius 3 is 2.37 bits per heavy atom. The van der Waals surface area contributed by atoms with Gasteiger partial charge in [0.2, 0.25) is 0 Å². The molecule has 5 fully saturated rings. The number of carbonyl (C=O) groups is 2. The first-order chi connectivity index (χ1) is 14.2. The van der Waals surface area contributed by atoms with E-state index in [1.807, 2.05) is 30.3 Å². The number of benzene rings is 1. The Morgan fingerprint density at radius 1 is 1.10 bits per heavy atom. The number of fused-ring (bicyclic) bond motifs is 2. The van der Waals surface area contributed by atoms with E-state index in [1.54, 1.807) is 0 Å². The summed E-state index contributed by atoms with van der Waals surface area (Å²) in [7, 11) is 3.28. The molecule has 5 atom stereocenters. The van der Waals surface area contributed by atoms with Crippen LogP contribution in [-0.4, -0.2) is 49.2 Å². The molecule has 1 aromatic carbocycles. The molecular formula is C23H30BNO5. The van der Waals surface area contributed by atoms with E-state index in [0.717, 1.165) is 17.9 Å². The molecule has 1 aromatic rings. The second kappa shape index (κ2) is 7.09. The van der Waals surface area contributed by atoms with Gasteiger partial charge in [0.1, 0.15) is 6.10 Å². The van der Waals surface area contributed by atoms with Crippen molar-refractivity contribution in [3.63, 3.8) is 0 Å². The maximum Gasteiger partial charge on any atom is 0.633 e. The lowest BCUT2D eigenvalue weighted by Crippen LogP contribution is -2.60. The molecule has 4 unspecified atom stereocenters. The maximum atomic E-state index is 12.7. The van der Waals surface area contributed by atoms with Crippen LogP contribution < -0.4 is 0 Å². The first-order valence-electron chi connectivity index (χ1n) is 11.0. The van der Waals surface area contributed by atoms with Crippen LogP contribution in [-0.2, 0) is 23.6 Å². The molecule has 2 aliphatic heterocycles. The minimum absolute atomic E-state index is 0.0847. The van der Waals surface area contributed by atoms with Crippen molar-refractivity contribution < 1.29 is 28.1 Å². The van der Waals surface area contributed by atoms with Crippen LogP contribution >= 0.6 is 0 Å². The van der Waals surface area contributed by atoms with Gasteiger partial charge in [-0.05, 0) is 42.1 Å². The van der Waals surface area contributed by atoms with E-state index in [-0.39, 0.29) is 35.6 Å². The monoisotopic (exact) mass is 411 g/mol. The largest absolute Gasteiger partial charge is 0.633 e. The number of rotatable bonds is 4. The Balaban J connectivity index is 1.24. The molecule has 0 amide bonds. The molecule has 7 heteroatoms. The number of ether oxygens (including phenoxy) is 1. The van der Waals surface area contributed by atoms with Crippen LogP contribution in [0, 0.1) is 30.2 Å². The lowest BCUT2D eigenvalue weighted by Gasteiger charge is -2.61. The third-order valence-electron chi connectivity index (χ3n) is 7.97. The van der Waals surface area contributed by atoms with Crippen molar-refractivity contribution >= 4 is 19.1 Å². The number of nitrogens with zero attached hydrogens (tertiary/aromatic N) is 1. The quantitative estimate of drug-likeness (QED) is 0.330. The van der Waals surface area contributed by atoms with Crippen molar-refractivity contribution in [2.24, 2.45) is 23.2 Å². The lowest BCUT2D eigenvalue weighted by atomic mass is 9.45. The fourth-order valence-corrected chi connectivity index (χ4v) is 6.14. The summed E-state index contributed by atoms with van der Waals surface area (Å²) in [5, 5.41) is 0. The molecule has 0 N–H and O–H groups in total. The van der Waals surface area contributed by atoms with Crippen LogP contribution in [0.3, 0.4) is 0 Å². The van der Waals surface area contributed by atoms with E-state index in [1.165, 1.54) is 12.8 Å². The number of carbonyl (C=O) groups excluding carboxylic acids is 2. The van der Waals surface area contributed by atoms with E-state index in [9.17, 15) is 9.59 Å². The Hall–Kier alpha value is -1.86. The Morgan fingerprint density at radius 2 is 1.77 bits per heavy atom. The maximum absolute atomic E-state index is 12.7. The minimum atomic E-state index is -0.995. The Kier molecular flexibility index (Phi) is 4.75. The first kappa shape index (κ1) is 20.1. The summed E-state index contributed by atoms with van der Waals surface area (Å²) < 4.78 is 16.9. The van der Waals surface area contributed by atoms with E-state index in [4.69, 9.17) is 14.0 Å². The van der Waals surface area contributed by atoms with E-state index >= 15 is 0 Å². The molecule has 2 bridgehead atoms. The van der Waals surface area contributed by atoms with Crippen LogP contribution in [0.2, 0.25) is 0 Å². The fourth-order valence-electron chi connectivity index (χ4n) is 6.14. The summed E-state index contributed by atoms with van der Waals surface area (Å²) in [6.45, 7) is 5.58. The van der Waals surface area contributed by atoms with Gasteiger partial charge in [0.15, 0.2) is 19.1 Å². The van der Waals surface area contributed by atoms with Crippen molar-refractivity contribution in [3.05, 3.63) is 42.9 Å². The molecule has 6 rings (SSSR count). The van der Waals surface area contributed by atoms with Crippen LogP contribution in [0.25, 0.3) is 0 Å². The molecule has 2 saturated heterocycles. The number of epoxide rings is 1. The number of hydrogen-bond acceptors (Lipinski definition) is 5. The van der Waals surface area contributed by atoms with Gasteiger partial charge in [0.05, 0.1) is 6.54 Å². The molecule has 6 nitrogen and oxygen atoms in total. The summed E-state index contributed by atoms with van der Waals surface area (Å²) in [4.78, 5) is 25.4. The highest BCUT2D eigenvalue weighted by Crippen LogP contribution is 2.61. The lowest BCUT2D eigenvalue weighted by molar-refractivity contribution is -0.876. The highest BCUT2D eigenvalue weighted by atomic mass is 16.7. The molecule has 5 aliphatic rings. The van der Waals surface area contributed by atoms with E-state index in [0.29, 0.717) is 23.8 Å². The van der Waals surface area contributed by atoms with Crippen molar-refractivity contribution in [2.45, 2.75) is 45.2 Å². The average molecular weight is 411 g/mol. The molecule has 2 heterocycles. The molecule has 0 radical (unpaired) electrons. The summed E-state index contributed by atoms with van der Waals surface area (Å²) in [6.07, 6.45) is 3.42. The third kappa shape index (κ3) is 3.56. The van der Waals surface area contributed by atoms with Gasteiger partial charge in [-0.2, -0.15) is 0 Å². The molecule has 160 valence electrons. The van der Waals surface area contributed by atoms with E-state index < -0.39 is 13.1 Å². The van der Waals surface area contributed by atoms with Crippen molar-refractivity contribution in [2.75, 3.05) is 19.6 Å². The Labute approximate surface area is 178 Å². The van der Waals surface area contributed by atoms with Gasteiger partial charge < -0.3 is 18.5 Å². The minimum Gasteiger partial charge on any atom is -0.493 e. The molecule has 0 spiro atoms. The predicted molar refractivity (Wildman–Crippen MR) is 110 cm³/mol. The van der Waals surface area contributed by atoms with Gasteiger partial charge >= 0.3 is 19.1 Å². The van der Waals surface area contributed by atoms with Gasteiger partial charge in [-0.3, -0.25) is 0 Å². The SMILES string of the molecule is [CH2-][N+]1(CC2CC[C@@H]3CC2C3(C)C)CC(=O)OB(C2OC2c2ccccc2)OC(=O)C1. The second-order valence-electron chi connectivity index (χ2n) is 10.3. The summed E-state index contributed by atoms with van der Waals surface area (Å²) in [5.41, 5.74) is 1.34. The fraction of sp³-hybridized carbons (Fsp3) is 0.609. The van der Waals surface area contributed by atoms with Crippen molar-refractivity contribution in [3.8, 4) is 0 Å². The van der Waals surface area contributed by atoms with Gasteiger partial charge in [-0.25, -0.2) is 9.59 Å². The van der Waals surface area contributed by atoms with Crippen LogP contribution in [0.1, 0.15) is 44.8 Å². The molecule has 0 aromatic heterocycles. The summed E-state index contributed by atoms with van der Waals surface area (Å²) >= 11 is 0. The third-order valence-corrected chi connectivity index (χ3v) is 7.97. The highest BCUT2D eigenvalue weighted by Gasteiger charge is 2.58. The van der Waals surface area contributed by atoms with Gasteiger partial charge in [-0.1, -0.05) is 44.2 Å². The first-order valence-corrected chi connectivity index (χ1v) is 11.0. The van der Waals surface area contributed by atoms with Crippen LogP contribution in [0.15, 0.2) is 30.3 Å². The number of hydrogen-bond donors (Lipinski definition) is 0. The normalized spacial score (nSPS) is 36.6. The smallest absolute Gasteiger partial charge is 0.493 e. The number of quaternary nitrogens is 1. The average Bonchev–Trinajstić information content (AvgIpc) is 3.47. The molecule has 3 aliphatic carbocycles. The zero-order valence-electron chi connectivity index (χ0n) is 17.8. The second-order valence-corrected chi connectivity index (χ2v) is 10.3. The zero-order chi connectivity index (χ0) is 21.1. The highest BCUT2D eigenvalue weighted by molar-refractivity contribution is 6.51. The van der Waals surface area contributed by atoms with Crippen molar-refractivity contribution in [1.82, 2.24) is 0 Å². The van der Waals surface area contributed by atoms with Crippen molar-refractivity contribution in [1.29, 1.82) is 0 Å². The summed E-state index contributed by atoms with van der Waals surface area (Å²) in [6, 6.07) is 9.24. The van der Waals surface area contributed by atoms with Gasteiger partial charge in [0, 0.05) is 5.92 Å². The van der Waals surface area contributed by atoms with Crippen LogP contribution in [0.5, 0.6) is 0 Å². The Bertz CT molecular complexity index is 821. The standard InChI is InChI=1S/C23H30BNO5/c1-23(2)17-10-9-16(18(23)11-17)12-25(3)13-19(26)29-24(30-20(27)14-25)22-21(28-22)15-7-5-4-6-8-15/h4-8,16-18,21-22H,3,9-14H2,1-2H3/t16?,17-,18?,21?,22?/m1/s1. The summed E-state index contributed by atoms with van der Waals surface area (Å²) in [5.74, 6) is 1.17. The predicted octanol–water partition coefficient (Wildman–Crippen LogP) is 2.93. The molecular weight excluding hydrogens is 381 g/mol. The van der Waals surface area contributed by atoms with E-state index in [2.05, 4.69) is 20.9 Å². The molecule has 30 heavy (non-hydrogen) atoms.